The van der Waals surface area contributed by atoms with Crippen molar-refractivity contribution in [3.05, 3.63) is 34.9 Å². The van der Waals surface area contributed by atoms with Crippen LogP contribution >= 0.6 is 11.6 Å². The van der Waals surface area contributed by atoms with Gasteiger partial charge >= 0.3 is 6.09 Å². The SMILES string of the molecule is CCCCCCC[C@H](NC(=O)OCC(C)(C)c1cccc(Cl)c1)C(=O)N[C@H](C#N)CC1CCNC1=O. The summed E-state index contributed by atoms with van der Waals surface area (Å²) < 4.78 is 5.49. The van der Waals surface area contributed by atoms with Gasteiger partial charge in [-0.3, -0.25) is 9.59 Å². The number of halogens is 1. The second kappa shape index (κ2) is 14.7. The van der Waals surface area contributed by atoms with E-state index in [9.17, 15) is 19.6 Å². The number of alkyl carbamates (subject to hydrolysis) is 1. The van der Waals surface area contributed by atoms with Crippen molar-refractivity contribution in [3.8, 4) is 6.07 Å². The Hall–Kier alpha value is -2.79. The van der Waals surface area contributed by atoms with Crippen LogP contribution in [0.15, 0.2) is 24.3 Å². The first-order valence-corrected chi connectivity index (χ1v) is 13.2. The van der Waals surface area contributed by atoms with Gasteiger partial charge in [-0.15, -0.1) is 0 Å². The average Bonchev–Trinajstić information content (AvgIpc) is 3.25. The Balaban J connectivity index is 1.97. The van der Waals surface area contributed by atoms with Crippen LogP contribution in [0.2, 0.25) is 5.02 Å². The maximum atomic E-state index is 13.0. The second-order valence-corrected chi connectivity index (χ2v) is 10.5. The van der Waals surface area contributed by atoms with Crippen molar-refractivity contribution in [2.24, 2.45) is 5.92 Å². The van der Waals surface area contributed by atoms with Gasteiger partial charge in [0.05, 0.1) is 6.07 Å². The van der Waals surface area contributed by atoms with Crippen LogP contribution in [0.4, 0.5) is 4.79 Å². The number of unbranched alkanes of at least 4 members (excludes halogenated alkanes) is 4. The minimum absolute atomic E-state index is 0.0963. The van der Waals surface area contributed by atoms with Crippen molar-refractivity contribution in [2.75, 3.05) is 13.2 Å². The largest absolute Gasteiger partial charge is 0.449 e. The van der Waals surface area contributed by atoms with Crippen LogP contribution in [-0.4, -0.2) is 43.1 Å². The van der Waals surface area contributed by atoms with Crippen LogP contribution in [0, 0.1) is 17.2 Å². The smallest absolute Gasteiger partial charge is 0.407 e. The summed E-state index contributed by atoms with van der Waals surface area (Å²) in [4.78, 5) is 37.6. The summed E-state index contributed by atoms with van der Waals surface area (Å²) in [5, 5.41) is 18.3. The van der Waals surface area contributed by atoms with Crippen molar-refractivity contribution in [2.45, 2.75) is 89.6 Å². The van der Waals surface area contributed by atoms with E-state index in [-0.39, 0.29) is 24.9 Å². The molecule has 0 saturated carbocycles. The van der Waals surface area contributed by atoms with Crippen molar-refractivity contribution < 1.29 is 19.1 Å². The molecule has 1 aliphatic heterocycles. The normalized spacial score (nSPS) is 17.0. The van der Waals surface area contributed by atoms with Crippen LogP contribution in [0.1, 0.15) is 77.7 Å². The summed E-state index contributed by atoms with van der Waals surface area (Å²) in [7, 11) is 0. The molecule has 9 heteroatoms. The Bertz CT molecular complexity index is 931. The van der Waals surface area contributed by atoms with E-state index in [0.717, 1.165) is 37.7 Å². The standard InChI is InChI=1S/C27H39ClN4O4/c1-4-5-6-7-8-12-23(25(34)31-22(17-29)15-19-13-14-30-24(19)33)32-26(35)36-18-27(2,3)20-10-9-11-21(28)16-20/h9-11,16,19,22-23H,4-8,12-15,18H2,1-3H3,(H,30,33)(H,31,34)(H,32,35)/t19?,22-,23-/m0/s1. The number of nitrogens with one attached hydrogen (secondary N) is 3. The number of carbonyl (C=O) groups is 3. The van der Waals surface area contributed by atoms with Crippen molar-refractivity contribution >= 4 is 29.5 Å². The van der Waals surface area contributed by atoms with Crippen molar-refractivity contribution in [3.63, 3.8) is 0 Å². The maximum absolute atomic E-state index is 13.0. The monoisotopic (exact) mass is 518 g/mol. The molecule has 0 spiro atoms. The molecule has 0 radical (unpaired) electrons. The molecule has 1 aromatic rings. The van der Waals surface area contributed by atoms with Gasteiger partial charge in [-0.25, -0.2) is 4.79 Å². The summed E-state index contributed by atoms with van der Waals surface area (Å²) in [6.07, 6.45) is 5.61. The lowest BCUT2D eigenvalue weighted by Gasteiger charge is -2.26. The molecule has 1 saturated heterocycles. The van der Waals surface area contributed by atoms with E-state index in [0.29, 0.717) is 24.4 Å². The molecule has 3 N–H and O–H groups in total. The molecule has 0 aliphatic carbocycles. The molecule has 1 fully saturated rings. The van der Waals surface area contributed by atoms with Crippen LogP contribution < -0.4 is 16.0 Å². The van der Waals surface area contributed by atoms with E-state index in [1.807, 2.05) is 32.0 Å². The number of hydrogen-bond acceptors (Lipinski definition) is 5. The highest BCUT2D eigenvalue weighted by Gasteiger charge is 2.30. The summed E-state index contributed by atoms with van der Waals surface area (Å²) in [6.45, 7) is 6.70. The molecule has 1 heterocycles. The highest BCUT2D eigenvalue weighted by atomic mass is 35.5. The molecule has 0 bridgehead atoms. The fraction of sp³-hybridized carbons (Fsp3) is 0.630. The predicted octanol–water partition coefficient (Wildman–Crippen LogP) is 4.61. The number of ether oxygens (including phenoxy) is 1. The Kier molecular flexibility index (Phi) is 12.0. The average molecular weight is 519 g/mol. The van der Waals surface area contributed by atoms with Gasteiger partial charge in [0.2, 0.25) is 11.8 Å². The van der Waals surface area contributed by atoms with Gasteiger partial charge in [-0.05, 0) is 37.0 Å². The molecule has 198 valence electrons. The maximum Gasteiger partial charge on any atom is 0.407 e. The van der Waals surface area contributed by atoms with Crippen LogP contribution in [-0.2, 0) is 19.7 Å². The first-order valence-electron chi connectivity index (χ1n) is 12.8. The predicted molar refractivity (Wildman–Crippen MR) is 139 cm³/mol. The third-order valence-corrected chi connectivity index (χ3v) is 6.77. The third kappa shape index (κ3) is 9.69. The fourth-order valence-electron chi connectivity index (χ4n) is 4.21. The van der Waals surface area contributed by atoms with Crippen molar-refractivity contribution in [1.82, 2.24) is 16.0 Å². The van der Waals surface area contributed by atoms with Crippen LogP contribution in [0.3, 0.4) is 0 Å². The molecule has 2 rings (SSSR count). The number of hydrogen-bond donors (Lipinski definition) is 3. The Morgan fingerprint density at radius 2 is 2.00 bits per heavy atom. The summed E-state index contributed by atoms with van der Waals surface area (Å²) in [5.41, 5.74) is 0.453. The number of amides is 3. The number of carbonyl (C=O) groups excluding carboxylic acids is 3. The first kappa shape index (κ1) is 29.4. The topological polar surface area (TPSA) is 120 Å². The number of nitrogens with zero attached hydrogens (tertiary/aromatic N) is 1. The van der Waals surface area contributed by atoms with Crippen molar-refractivity contribution in [1.29, 1.82) is 5.26 Å². The highest BCUT2D eigenvalue weighted by molar-refractivity contribution is 6.30. The Labute approximate surface area is 219 Å². The first-order chi connectivity index (χ1) is 17.2. The van der Waals surface area contributed by atoms with Gasteiger partial charge < -0.3 is 20.7 Å². The lowest BCUT2D eigenvalue weighted by atomic mass is 9.86. The Morgan fingerprint density at radius 3 is 2.64 bits per heavy atom. The number of rotatable bonds is 14. The quantitative estimate of drug-likeness (QED) is 0.311. The summed E-state index contributed by atoms with van der Waals surface area (Å²) >= 11 is 6.10. The number of benzene rings is 1. The molecule has 36 heavy (non-hydrogen) atoms. The third-order valence-electron chi connectivity index (χ3n) is 6.53. The molecule has 1 aromatic carbocycles. The van der Waals surface area contributed by atoms with Gasteiger partial charge in [0, 0.05) is 22.9 Å². The number of nitriles is 1. The highest BCUT2D eigenvalue weighted by Crippen LogP contribution is 2.26. The van der Waals surface area contributed by atoms with Crippen LogP contribution in [0.25, 0.3) is 0 Å². The van der Waals surface area contributed by atoms with E-state index in [4.69, 9.17) is 16.3 Å². The minimum atomic E-state index is -0.832. The van der Waals surface area contributed by atoms with Gasteiger partial charge in [-0.2, -0.15) is 5.26 Å². The van der Waals surface area contributed by atoms with E-state index in [2.05, 4.69) is 28.9 Å². The van der Waals surface area contributed by atoms with Crippen LogP contribution in [0.5, 0.6) is 0 Å². The zero-order chi connectivity index (χ0) is 26.6. The molecular formula is C27H39ClN4O4. The molecule has 3 amide bonds. The fourth-order valence-corrected chi connectivity index (χ4v) is 4.40. The minimum Gasteiger partial charge on any atom is -0.449 e. The molecule has 1 aliphatic rings. The molecular weight excluding hydrogens is 480 g/mol. The van der Waals surface area contributed by atoms with E-state index in [1.165, 1.54) is 0 Å². The Morgan fingerprint density at radius 1 is 1.25 bits per heavy atom. The molecule has 3 atom stereocenters. The van der Waals surface area contributed by atoms with E-state index in [1.54, 1.807) is 6.07 Å². The summed E-state index contributed by atoms with van der Waals surface area (Å²) in [5.74, 6) is -0.836. The van der Waals surface area contributed by atoms with Gasteiger partial charge in [0.1, 0.15) is 18.7 Å². The molecule has 8 nitrogen and oxygen atoms in total. The molecule has 0 aromatic heterocycles. The lowest BCUT2D eigenvalue weighted by Crippen LogP contribution is -2.50. The van der Waals surface area contributed by atoms with Gasteiger partial charge in [0.15, 0.2) is 0 Å². The zero-order valence-electron chi connectivity index (χ0n) is 21.6. The van der Waals surface area contributed by atoms with Gasteiger partial charge in [0.25, 0.3) is 0 Å². The zero-order valence-corrected chi connectivity index (χ0v) is 22.3. The molecule has 1 unspecified atom stereocenters. The van der Waals surface area contributed by atoms with Gasteiger partial charge in [-0.1, -0.05) is 76.6 Å². The van der Waals surface area contributed by atoms with E-state index < -0.39 is 29.5 Å². The second-order valence-electron chi connectivity index (χ2n) is 10.1. The van der Waals surface area contributed by atoms with E-state index >= 15 is 0 Å². The summed E-state index contributed by atoms with van der Waals surface area (Å²) in [6, 6.07) is 7.82. The lowest BCUT2D eigenvalue weighted by molar-refractivity contribution is -0.125.